The highest BCUT2D eigenvalue weighted by atomic mass is 19.1. The topological polar surface area (TPSA) is 77.2 Å². The maximum absolute atomic E-state index is 13.6. The van der Waals surface area contributed by atoms with Gasteiger partial charge in [0, 0.05) is 12.5 Å². The highest BCUT2D eigenvalue weighted by Gasteiger charge is 2.22. The van der Waals surface area contributed by atoms with Gasteiger partial charge in [0.1, 0.15) is 11.9 Å². The third kappa shape index (κ3) is 4.91. The van der Waals surface area contributed by atoms with Gasteiger partial charge in [0.05, 0.1) is 0 Å². The minimum absolute atomic E-state index is 0.211. The number of aromatic nitrogens is 2. The van der Waals surface area contributed by atoms with Gasteiger partial charge in [-0.1, -0.05) is 42.4 Å². The molecule has 6 nitrogen and oxygen atoms in total. The fourth-order valence-corrected chi connectivity index (χ4v) is 2.58. The van der Waals surface area contributed by atoms with Crippen molar-refractivity contribution in [1.29, 1.82) is 0 Å². The van der Waals surface area contributed by atoms with E-state index in [-0.39, 0.29) is 5.75 Å². The highest BCUT2D eigenvalue weighted by Crippen LogP contribution is 2.21. The number of nitrogens with one attached hydrogen (secondary N) is 1. The first kappa shape index (κ1) is 19.5. The van der Waals surface area contributed by atoms with E-state index >= 15 is 0 Å². The van der Waals surface area contributed by atoms with Gasteiger partial charge in [-0.25, -0.2) is 8.78 Å². The molecule has 28 heavy (non-hydrogen) atoms. The molecule has 0 radical (unpaired) electrons. The lowest BCUT2D eigenvalue weighted by Crippen LogP contribution is -2.34. The van der Waals surface area contributed by atoms with Crippen molar-refractivity contribution in [2.45, 2.75) is 25.8 Å². The molecular formula is C20H19F2N3O3. The Hall–Kier alpha value is -3.29. The van der Waals surface area contributed by atoms with Crippen LogP contribution in [0.15, 0.2) is 53.1 Å². The molecule has 2 aromatic carbocycles. The van der Waals surface area contributed by atoms with E-state index in [9.17, 15) is 13.6 Å². The van der Waals surface area contributed by atoms with Crippen LogP contribution in [0.2, 0.25) is 0 Å². The molecule has 1 atom stereocenters. The van der Waals surface area contributed by atoms with E-state index in [0.717, 1.165) is 24.1 Å². The summed E-state index contributed by atoms with van der Waals surface area (Å²) in [5, 5.41) is 6.72. The van der Waals surface area contributed by atoms with Gasteiger partial charge in [-0.05, 0) is 24.1 Å². The second-order valence-electron chi connectivity index (χ2n) is 6.07. The van der Waals surface area contributed by atoms with Gasteiger partial charge in [0.2, 0.25) is 5.89 Å². The van der Waals surface area contributed by atoms with Crippen molar-refractivity contribution in [3.8, 4) is 5.75 Å². The first-order chi connectivity index (χ1) is 13.6. The van der Waals surface area contributed by atoms with E-state index in [2.05, 4.69) is 15.5 Å². The van der Waals surface area contributed by atoms with Crippen LogP contribution < -0.4 is 10.1 Å². The van der Waals surface area contributed by atoms with Crippen molar-refractivity contribution in [2.24, 2.45) is 0 Å². The standard InChI is InChI=1S/C20H19F2N3O3/c1-2-6-18-24-20(25-28-18)19(13-7-4-3-5-8-13)23-17(26)12-27-16-10-9-14(21)11-15(16)22/h3-5,7-11,19H,2,6,12H2,1H3,(H,23,26). The summed E-state index contributed by atoms with van der Waals surface area (Å²) in [5.41, 5.74) is 0.757. The van der Waals surface area contributed by atoms with Crippen LogP contribution in [-0.4, -0.2) is 22.7 Å². The number of hydrogen-bond donors (Lipinski definition) is 1. The summed E-state index contributed by atoms with van der Waals surface area (Å²) in [4.78, 5) is 16.7. The molecule has 146 valence electrons. The first-order valence-electron chi connectivity index (χ1n) is 8.81. The van der Waals surface area contributed by atoms with Gasteiger partial charge >= 0.3 is 0 Å². The Morgan fingerprint density at radius 1 is 1.21 bits per heavy atom. The summed E-state index contributed by atoms with van der Waals surface area (Å²) in [7, 11) is 0. The number of rotatable bonds is 8. The quantitative estimate of drug-likeness (QED) is 0.639. The van der Waals surface area contributed by atoms with Crippen molar-refractivity contribution >= 4 is 5.91 Å². The molecule has 0 bridgehead atoms. The van der Waals surface area contributed by atoms with Gasteiger partial charge in [-0.3, -0.25) is 4.79 Å². The van der Waals surface area contributed by atoms with Gasteiger partial charge in [0.25, 0.3) is 5.91 Å². The molecular weight excluding hydrogens is 368 g/mol. The monoisotopic (exact) mass is 387 g/mol. The number of benzene rings is 2. The van der Waals surface area contributed by atoms with Crippen molar-refractivity contribution < 1.29 is 22.8 Å². The largest absolute Gasteiger partial charge is 0.481 e. The average molecular weight is 387 g/mol. The number of carbonyl (C=O) groups excluding carboxylic acids is 1. The maximum Gasteiger partial charge on any atom is 0.258 e. The Kier molecular flexibility index (Phi) is 6.31. The lowest BCUT2D eigenvalue weighted by molar-refractivity contribution is -0.123. The second kappa shape index (κ2) is 9.07. The lowest BCUT2D eigenvalue weighted by Gasteiger charge is -2.16. The first-order valence-corrected chi connectivity index (χ1v) is 8.81. The Morgan fingerprint density at radius 2 is 2.00 bits per heavy atom. The summed E-state index contributed by atoms with van der Waals surface area (Å²) >= 11 is 0. The minimum atomic E-state index is -0.880. The number of nitrogens with zero attached hydrogens (tertiary/aromatic N) is 2. The van der Waals surface area contributed by atoms with Crippen molar-refractivity contribution in [3.05, 3.63) is 77.4 Å². The zero-order valence-corrected chi connectivity index (χ0v) is 15.2. The molecule has 0 aliphatic carbocycles. The van der Waals surface area contributed by atoms with Gasteiger partial charge in [0.15, 0.2) is 24.0 Å². The molecule has 0 spiro atoms. The summed E-state index contributed by atoms with van der Waals surface area (Å²) in [6.45, 7) is 1.54. The van der Waals surface area contributed by atoms with Crippen LogP contribution in [-0.2, 0) is 11.2 Å². The molecule has 1 unspecified atom stereocenters. The van der Waals surface area contributed by atoms with E-state index in [1.165, 1.54) is 0 Å². The van der Waals surface area contributed by atoms with E-state index < -0.39 is 30.2 Å². The minimum Gasteiger partial charge on any atom is -0.481 e. The Bertz CT molecular complexity index is 931. The summed E-state index contributed by atoms with van der Waals surface area (Å²) in [5.74, 6) is -1.53. The molecule has 3 rings (SSSR count). The fourth-order valence-electron chi connectivity index (χ4n) is 2.58. The Morgan fingerprint density at radius 3 is 2.71 bits per heavy atom. The third-order valence-corrected chi connectivity index (χ3v) is 3.90. The third-order valence-electron chi connectivity index (χ3n) is 3.90. The molecule has 0 aliphatic heterocycles. The summed E-state index contributed by atoms with van der Waals surface area (Å²) in [6, 6.07) is 11.4. The number of amides is 1. The fraction of sp³-hybridized carbons (Fsp3) is 0.250. The molecule has 3 aromatic rings. The van der Waals surface area contributed by atoms with E-state index in [1.807, 2.05) is 37.3 Å². The molecule has 1 amide bonds. The number of hydrogen-bond acceptors (Lipinski definition) is 5. The molecule has 8 heteroatoms. The second-order valence-corrected chi connectivity index (χ2v) is 6.07. The molecule has 1 heterocycles. The van der Waals surface area contributed by atoms with Crippen LogP contribution in [0, 0.1) is 11.6 Å². The van der Waals surface area contributed by atoms with Crippen molar-refractivity contribution in [3.63, 3.8) is 0 Å². The summed E-state index contributed by atoms with van der Waals surface area (Å²) in [6.07, 6.45) is 1.48. The molecule has 0 saturated heterocycles. The number of halogens is 2. The average Bonchev–Trinajstić information content (AvgIpc) is 3.15. The number of ether oxygens (including phenoxy) is 1. The normalized spacial score (nSPS) is 11.8. The molecule has 0 saturated carbocycles. The van der Waals surface area contributed by atoms with Crippen LogP contribution in [0.25, 0.3) is 0 Å². The summed E-state index contributed by atoms with van der Waals surface area (Å²) < 4.78 is 37.0. The zero-order valence-electron chi connectivity index (χ0n) is 15.2. The van der Waals surface area contributed by atoms with Gasteiger partial charge < -0.3 is 14.6 Å². The zero-order chi connectivity index (χ0) is 19.9. The number of aryl methyl sites for hydroxylation is 1. The van der Waals surface area contributed by atoms with Crippen LogP contribution in [0.3, 0.4) is 0 Å². The molecule has 1 aromatic heterocycles. The smallest absolute Gasteiger partial charge is 0.258 e. The molecule has 1 N–H and O–H groups in total. The van der Waals surface area contributed by atoms with E-state index in [1.54, 1.807) is 0 Å². The predicted octanol–water partition coefficient (Wildman–Crippen LogP) is 3.58. The van der Waals surface area contributed by atoms with Crippen LogP contribution in [0.1, 0.15) is 36.7 Å². The predicted molar refractivity (Wildman–Crippen MR) is 96.6 cm³/mol. The molecule has 0 fully saturated rings. The van der Waals surface area contributed by atoms with Crippen LogP contribution in [0.5, 0.6) is 5.75 Å². The van der Waals surface area contributed by atoms with E-state index in [0.29, 0.717) is 24.2 Å². The van der Waals surface area contributed by atoms with Crippen LogP contribution >= 0.6 is 0 Å². The van der Waals surface area contributed by atoms with Gasteiger partial charge in [-0.2, -0.15) is 4.98 Å². The van der Waals surface area contributed by atoms with E-state index in [4.69, 9.17) is 9.26 Å². The van der Waals surface area contributed by atoms with Crippen LogP contribution in [0.4, 0.5) is 8.78 Å². The molecule has 0 aliphatic rings. The highest BCUT2D eigenvalue weighted by molar-refractivity contribution is 5.78. The van der Waals surface area contributed by atoms with Crippen molar-refractivity contribution in [1.82, 2.24) is 15.5 Å². The lowest BCUT2D eigenvalue weighted by atomic mass is 10.1. The SMILES string of the molecule is CCCc1nc(C(NC(=O)COc2ccc(F)cc2F)c2ccccc2)no1. The Balaban J connectivity index is 1.72. The van der Waals surface area contributed by atoms with Crippen molar-refractivity contribution in [2.75, 3.05) is 6.61 Å². The maximum atomic E-state index is 13.6. The van der Waals surface area contributed by atoms with Gasteiger partial charge in [-0.15, -0.1) is 0 Å². The number of carbonyl (C=O) groups is 1. The Labute approximate surface area is 160 Å².